The van der Waals surface area contributed by atoms with E-state index in [4.69, 9.17) is 14.2 Å². The second-order valence-electron chi connectivity index (χ2n) is 9.11. The number of amides is 2. The predicted molar refractivity (Wildman–Crippen MR) is 142 cm³/mol. The third kappa shape index (κ3) is 7.01. The lowest BCUT2D eigenvalue weighted by Gasteiger charge is -2.22. The predicted octanol–water partition coefficient (Wildman–Crippen LogP) is 6.05. The second-order valence-corrected chi connectivity index (χ2v) is 9.11. The number of para-hydroxylation sites is 1. The van der Waals surface area contributed by atoms with Crippen molar-refractivity contribution >= 4 is 23.2 Å². The number of anilines is 2. The molecule has 7 nitrogen and oxygen atoms in total. The van der Waals surface area contributed by atoms with E-state index in [0.717, 1.165) is 5.56 Å². The summed E-state index contributed by atoms with van der Waals surface area (Å²) in [6.45, 7) is 10.6. The number of hydrogen-bond donors (Lipinski definition) is 2. The van der Waals surface area contributed by atoms with Crippen molar-refractivity contribution in [2.75, 3.05) is 30.5 Å². The molecule has 0 spiro atoms. The molecule has 0 aliphatic carbocycles. The van der Waals surface area contributed by atoms with Gasteiger partial charge in [-0.1, -0.05) is 57.2 Å². The van der Waals surface area contributed by atoms with E-state index in [1.165, 1.54) is 0 Å². The van der Waals surface area contributed by atoms with E-state index in [1.807, 2.05) is 44.2 Å². The molecule has 190 valence electrons. The molecule has 3 aromatic carbocycles. The molecule has 0 fully saturated rings. The Hall–Kier alpha value is -4.00. The summed E-state index contributed by atoms with van der Waals surface area (Å²) in [6, 6.07) is 19.9. The molecule has 0 saturated carbocycles. The van der Waals surface area contributed by atoms with Crippen molar-refractivity contribution in [3.63, 3.8) is 0 Å². The van der Waals surface area contributed by atoms with Gasteiger partial charge in [0.1, 0.15) is 17.2 Å². The van der Waals surface area contributed by atoms with E-state index in [2.05, 4.69) is 31.4 Å². The highest BCUT2D eigenvalue weighted by Crippen LogP contribution is 2.37. The average molecular weight is 491 g/mol. The van der Waals surface area contributed by atoms with Crippen LogP contribution >= 0.6 is 0 Å². The minimum Gasteiger partial charge on any atom is -0.492 e. The van der Waals surface area contributed by atoms with Crippen molar-refractivity contribution in [1.82, 2.24) is 0 Å². The SMILES string of the molecule is CCOc1cc(NC(=O)c2ccccc2)c(OCC)cc1NC(=O)COc1ccccc1C(C)(C)C. The standard InChI is InChI=1S/C29H34N2O5/c1-6-34-25-18-23(31-28(33)20-13-9-8-10-14-20)26(35-7-2)17-22(25)30-27(32)19-36-24-16-12-11-15-21(24)29(3,4)5/h8-18H,6-7,19H2,1-5H3,(H,30,32)(H,31,33). The second kappa shape index (κ2) is 12.1. The smallest absolute Gasteiger partial charge is 0.262 e. The normalized spacial score (nSPS) is 10.9. The maximum atomic E-state index is 12.8. The van der Waals surface area contributed by atoms with Crippen LogP contribution in [0.25, 0.3) is 0 Å². The molecule has 2 amide bonds. The topological polar surface area (TPSA) is 85.9 Å². The first-order chi connectivity index (χ1) is 17.2. The molecule has 7 heteroatoms. The first-order valence-corrected chi connectivity index (χ1v) is 12.0. The van der Waals surface area contributed by atoms with Gasteiger partial charge in [0.2, 0.25) is 0 Å². The van der Waals surface area contributed by atoms with E-state index in [-0.39, 0.29) is 23.8 Å². The zero-order valence-electron chi connectivity index (χ0n) is 21.5. The molecule has 0 unspecified atom stereocenters. The van der Waals surface area contributed by atoms with Gasteiger partial charge in [-0.25, -0.2) is 0 Å². The molecule has 2 N–H and O–H groups in total. The molecule has 3 rings (SSSR count). The van der Waals surface area contributed by atoms with Crippen molar-refractivity contribution < 1.29 is 23.8 Å². The molecule has 3 aromatic rings. The van der Waals surface area contributed by atoms with Gasteiger partial charge in [0.25, 0.3) is 11.8 Å². The minimum absolute atomic E-state index is 0.123. The number of carbonyl (C=O) groups is 2. The third-order valence-corrected chi connectivity index (χ3v) is 5.29. The molecule has 0 bridgehead atoms. The van der Waals surface area contributed by atoms with Gasteiger partial charge in [0.05, 0.1) is 24.6 Å². The largest absolute Gasteiger partial charge is 0.492 e. The van der Waals surface area contributed by atoms with Crippen LogP contribution in [0.5, 0.6) is 17.2 Å². The maximum absolute atomic E-state index is 12.8. The van der Waals surface area contributed by atoms with E-state index >= 15 is 0 Å². The molecule has 0 radical (unpaired) electrons. The number of hydrogen-bond acceptors (Lipinski definition) is 5. The summed E-state index contributed by atoms with van der Waals surface area (Å²) in [5, 5.41) is 5.73. The highest BCUT2D eigenvalue weighted by Gasteiger charge is 2.20. The fourth-order valence-corrected chi connectivity index (χ4v) is 3.63. The van der Waals surface area contributed by atoms with Crippen LogP contribution in [-0.4, -0.2) is 31.6 Å². The van der Waals surface area contributed by atoms with Gasteiger partial charge in [-0.3, -0.25) is 9.59 Å². The summed E-state index contributed by atoms with van der Waals surface area (Å²) >= 11 is 0. The van der Waals surface area contributed by atoms with Crippen LogP contribution in [0.15, 0.2) is 66.7 Å². The summed E-state index contributed by atoms with van der Waals surface area (Å²) in [6.07, 6.45) is 0. The van der Waals surface area contributed by atoms with Crippen LogP contribution in [0, 0.1) is 0 Å². The Labute approximate surface area is 212 Å². The molecule has 0 aromatic heterocycles. The van der Waals surface area contributed by atoms with Gasteiger partial charge >= 0.3 is 0 Å². The quantitative estimate of drug-likeness (QED) is 0.361. The zero-order valence-corrected chi connectivity index (χ0v) is 21.5. The van der Waals surface area contributed by atoms with Crippen molar-refractivity contribution in [1.29, 1.82) is 0 Å². The number of rotatable bonds is 10. The van der Waals surface area contributed by atoms with Crippen LogP contribution in [0.4, 0.5) is 11.4 Å². The van der Waals surface area contributed by atoms with Crippen molar-refractivity contribution in [2.24, 2.45) is 0 Å². The highest BCUT2D eigenvalue weighted by molar-refractivity contribution is 6.05. The first-order valence-electron chi connectivity index (χ1n) is 12.0. The Balaban J connectivity index is 1.80. The first kappa shape index (κ1) is 26.6. The third-order valence-electron chi connectivity index (χ3n) is 5.29. The van der Waals surface area contributed by atoms with Gasteiger partial charge < -0.3 is 24.8 Å². The van der Waals surface area contributed by atoms with Gasteiger partial charge in [-0.15, -0.1) is 0 Å². The van der Waals surface area contributed by atoms with E-state index in [9.17, 15) is 9.59 Å². The lowest BCUT2D eigenvalue weighted by molar-refractivity contribution is -0.118. The number of ether oxygens (including phenoxy) is 3. The Bertz CT molecular complexity index is 1190. The van der Waals surface area contributed by atoms with Gasteiger partial charge in [0.15, 0.2) is 6.61 Å². The van der Waals surface area contributed by atoms with Crippen LogP contribution in [-0.2, 0) is 10.2 Å². The van der Waals surface area contributed by atoms with Crippen LogP contribution in [0.3, 0.4) is 0 Å². The fourth-order valence-electron chi connectivity index (χ4n) is 3.63. The van der Waals surface area contributed by atoms with Crippen LogP contribution in [0.2, 0.25) is 0 Å². The van der Waals surface area contributed by atoms with E-state index in [1.54, 1.807) is 36.4 Å². The molecular weight excluding hydrogens is 456 g/mol. The summed E-state index contributed by atoms with van der Waals surface area (Å²) in [4.78, 5) is 25.5. The zero-order chi connectivity index (χ0) is 26.1. The Kier molecular flexibility index (Phi) is 8.95. The van der Waals surface area contributed by atoms with Gasteiger partial charge in [-0.2, -0.15) is 0 Å². The van der Waals surface area contributed by atoms with E-state index < -0.39 is 0 Å². The molecule has 36 heavy (non-hydrogen) atoms. The van der Waals surface area contributed by atoms with Crippen LogP contribution in [0.1, 0.15) is 50.5 Å². The maximum Gasteiger partial charge on any atom is 0.262 e. The van der Waals surface area contributed by atoms with Crippen LogP contribution < -0.4 is 24.8 Å². The molecular formula is C29H34N2O5. The lowest BCUT2D eigenvalue weighted by atomic mass is 9.86. The average Bonchev–Trinajstić information content (AvgIpc) is 2.85. The minimum atomic E-state index is -0.344. The molecule has 0 saturated heterocycles. The van der Waals surface area contributed by atoms with Crippen molar-refractivity contribution in [3.8, 4) is 17.2 Å². The summed E-state index contributed by atoms with van der Waals surface area (Å²) in [7, 11) is 0. The summed E-state index contributed by atoms with van der Waals surface area (Å²) < 4.78 is 17.4. The molecule has 0 aliphatic heterocycles. The highest BCUT2D eigenvalue weighted by atomic mass is 16.5. The van der Waals surface area contributed by atoms with Crippen molar-refractivity contribution in [2.45, 2.75) is 40.0 Å². The molecule has 0 aliphatic rings. The van der Waals surface area contributed by atoms with Gasteiger partial charge in [-0.05, 0) is 43.0 Å². The number of benzene rings is 3. The number of nitrogens with one attached hydrogen (secondary N) is 2. The van der Waals surface area contributed by atoms with Crippen molar-refractivity contribution in [3.05, 3.63) is 77.9 Å². The molecule has 0 atom stereocenters. The van der Waals surface area contributed by atoms with E-state index in [0.29, 0.717) is 47.4 Å². The monoisotopic (exact) mass is 490 g/mol. The Morgan fingerprint density at radius 3 is 1.86 bits per heavy atom. The molecule has 0 heterocycles. The summed E-state index contributed by atoms with van der Waals surface area (Å²) in [5.74, 6) is 0.872. The Morgan fingerprint density at radius 2 is 1.28 bits per heavy atom. The fraction of sp³-hybridized carbons (Fsp3) is 0.310. The summed E-state index contributed by atoms with van der Waals surface area (Å²) in [5.41, 5.74) is 2.29. The lowest BCUT2D eigenvalue weighted by Crippen LogP contribution is -2.22. The van der Waals surface area contributed by atoms with Gasteiger partial charge in [0, 0.05) is 17.7 Å². The Morgan fingerprint density at radius 1 is 0.722 bits per heavy atom. The number of carbonyl (C=O) groups excluding carboxylic acids is 2.